The Morgan fingerprint density at radius 1 is 1.21 bits per heavy atom. The monoisotopic (exact) mass is 397 g/mol. The summed E-state index contributed by atoms with van der Waals surface area (Å²) in [7, 11) is 0. The van der Waals surface area contributed by atoms with Gasteiger partial charge >= 0.3 is 0 Å². The molecule has 0 saturated heterocycles. The summed E-state index contributed by atoms with van der Waals surface area (Å²) in [5.74, 6) is 1.12. The number of halogens is 1. The second-order valence-corrected chi connectivity index (χ2v) is 8.25. The van der Waals surface area contributed by atoms with Crippen molar-refractivity contribution in [2.45, 2.75) is 50.6 Å². The SMILES string of the molecule is CC(c1ccc(F)cc1)N1C2=C(CNCC2)C(N)N(c2cc(C3CC3)[nH]n2)C1N. The van der Waals surface area contributed by atoms with Crippen LogP contribution in [0, 0.1) is 5.82 Å². The predicted octanol–water partition coefficient (Wildman–Crippen LogP) is 2.08. The van der Waals surface area contributed by atoms with E-state index in [1.165, 1.54) is 30.7 Å². The average molecular weight is 398 g/mol. The molecule has 5 rings (SSSR count). The fraction of sp³-hybridized carbons (Fsp3) is 0.476. The number of nitrogens with two attached hydrogens (primary N) is 2. The van der Waals surface area contributed by atoms with Crippen molar-refractivity contribution in [1.29, 1.82) is 0 Å². The number of benzene rings is 1. The maximum Gasteiger partial charge on any atom is 0.158 e. The molecule has 7 nitrogen and oxygen atoms in total. The summed E-state index contributed by atoms with van der Waals surface area (Å²) in [5.41, 5.74) is 18.0. The predicted molar refractivity (Wildman–Crippen MR) is 110 cm³/mol. The molecule has 1 fully saturated rings. The first kappa shape index (κ1) is 18.6. The van der Waals surface area contributed by atoms with Gasteiger partial charge in [0.2, 0.25) is 0 Å². The number of aromatic nitrogens is 2. The molecule has 0 amide bonds. The van der Waals surface area contributed by atoms with Gasteiger partial charge in [-0.3, -0.25) is 10.8 Å². The first-order valence-corrected chi connectivity index (χ1v) is 10.4. The van der Waals surface area contributed by atoms with Gasteiger partial charge in [-0.05, 0) is 43.0 Å². The van der Waals surface area contributed by atoms with Crippen LogP contribution >= 0.6 is 0 Å². The van der Waals surface area contributed by atoms with Crippen LogP contribution in [0.25, 0.3) is 0 Å². The first-order chi connectivity index (χ1) is 14.0. The second-order valence-electron chi connectivity index (χ2n) is 8.25. The Hall–Kier alpha value is -2.42. The Kier molecular flexibility index (Phi) is 4.57. The minimum Gasteiger partial charge on any atom is -0.336 e. The van der Waals surface area contributed by atoms with Crippen LogP contribution < -0.4 is 21.7 Å². The van der Waals surface area contributed by atoms with Crippen LogP contribution in [0.1, 0.15) is 49.4 Å². The van der Waals surface area contributed by atoms with Crippen LogP contribution in [0.3, 0.4) is 0 Å². The third kappa shape index (κ3) is 3.21. The highest BCUT2D eigenvalue weighted by atomic mass is 19.1. The Balaban J connectivity index is 1.54. The molecule has 1 aliphatic carbocycles. The van der Waals surface area contributed by atoms with Crippen molar-refractivity contribution in [3.8, 4) is 0 Å². The molecule has 3 unspecified atom stereocenters. The summed E-state index contributed by atoms with van der Waals surface area (Å²) < 4.78 is 13.5. The van der Waals surface area contributed by atoms with Crippen molar-refractivity contribution in [1.82, 2.24) is 20.4 Å². The van der Waals surface area contributed by atoms with Crippen LogP contribution in [0.15, 0.2) is 41.6 Å². The molecule has 1 aromatic heterocycles. The summed E-state index contributed by atoms with van der Waals surface area (Å²) in [5, 5.41) is 11.1. The van der Waals surface area contributed by atoms with Crippen molar-refractivity contribution < 1.29 is 4.39 Å². The Bertz CT molecular complexity index is 917. The van der Waals surface area contributed by atoms with Gasteiger partial charge in [-0.1, -0.05) is 12.1 Å². The zero-order chi connectivity index (χ0) is 20.1. The Morgan fingerprint density at radius 3 is 2.69 bits per heavy atom. The number of rotatable bonds is 4. The molecule has 2 aliphatic heterocycles. The van der Waals surface area contributed by atoms with Crippen LogP contribution in [0.2, 0.25) is 0 Å². The lowest BCUT2D eigenvalue weighted by Crippen LogP contribution is -2.66. The van der Waals surface area contributed by atoms with E-state index in [1.807, 2.05) is 17.0 Å². The number of nitrogens with zero attached hydrogens (tertiary/aromatic N) is 3. The third-order valence-corrected chi connectivity index (χ3v) is 6.40. The highest BCUT2D eigenvalue weighted by Gasteiger charge is 2.41. The molecule has 1 saturated carbocycles. The molecule has 8 heteroatoms. The smallest absolute Gasteiger partial charge is 0.158 e. The fourth-order valence-electron chi connectivity index (χ4n) is 4.59. The van der Waals surface area contributed by atoms with E-state index in [4.69, 9.17) is 11.5 Å². The van der Waals surface area contributed by atoms with E-state index in [1.54, 1.807) is 0 Å². The van der Waals surface area contributed by atoms with Crippen molar-refractivity contribution in [2.24, 2.45) is 11.5 Å². The number of anilines is 1. The van der Waals surface area contributed by atoms with Gasteiger partial charge in [-0.2, -0.15) is 5.10 Å². The number of nitrogens with one attached hydrogen (secondary N) is 2. The minimum atomic E-state index is -0.461. The molecule has 6 N–H and O–H groups in total. The van der Waals surface area contributed by atoms with Gasteiger partial charge < -0.3 is 20.9 Å². The van der Waals surface area contributed by atoms with Crippen LogP contribution in [0.5, 0.6) is 0 Å². The van der Waals surface area contributed by atoms with E-state index >= 15 is 0 Å². The van der Waals surface area contributed by atoms with Crippen molar-refractivity contribution >= 4 is 5.82 Å². The molecule has 3 atom stereocenters. The molecule has 0 spiro atoms. The summed E-state index contributed by atoms with van der Waals surface area (Å²) in [6.07, 6.45) is 2.47. The highest BCUT2D eigenvalue weighted by molar-refractivity contribution is 5.49. The molecule has 1 aromatic carbocycles. The highest BCUT2D eigenvalue weighted by Crippen LogP contribution is 2.42. The van der Waals surface area contributed by atoms with E-state index in [0.717, 1.165) is 42.2 Å². The zero-order valence-electron chi connectivity index (χ0n) is 16.6. The van der Waals surface area contributed by atoms with Crippen LogP contribution in [-0.2, 0) is 0 Å². The molecule has 2 aromatic rings. The molecule has 154 valence electrons. The molecule has 0 bridgehead atoms. The number of hydrogen-bond donors (Lipinski definition) is 4. The summed E-state index contributed by atoms with van der Waals surface area (Å²) in [6.45, 7) is 3.72. The van der Waals surface area contributed by atoms with Crippen LogP contribution in [0.4, 0.5) is 10.2 Å². The van der Waals surface area contributed by atoms with Gasteiger partial charge in [0.1, 0.15) is 12.0 Å². The summed E-state index contributed by atoms with van der Waals surface area (Å²) in [6, 6.07) is 8.71. The van der Waals surface area contributed by atoms with E-state index in [-0.39, 0.29) is 18.0 Å². The number of H-pyrrole nitrogens is 1. The maximum absolute atomic E-state index is 13.5. The normalized spacial score (nSPS) is 25.9. The van der Waals surface area contributed by atoms with Crippen molar-refractivity contribution in [2.75, 3.05) is 18.0 Å². The van der Waals surface area contributed by atoms with E-state index in [9.17, 15) is 4.39 Å². The molecule has 3 heterocycles. The Morgan fingerprint density at radius 2 is 1.97 bits per heavy atom. The van der Waals surface area contributed by atoms with Gasteiger partial charge in [0.05, 0.1) is 6.04 Å². The van der Waals surface area contributed by atoms with Crippen LogP contribution in [-0.4, -0.2) is 40.6 Å². The van der Waals surface area contributed by atoms with E-state index < -0.39 is 6.29 Å². The van der Waals surface area contributed by atoms with Crippen molar-refractivity contribution in [3.63, 3.8) is 0 Å². The van der Waals surface area contributed by atoms with Gasteiger partial charge in [-0.15, -0.1) is 0 Å². The lowest BCUT2D eigenvalue weighted by Gasteiger charge is -2.52. The topological polar surface area (TPSA) is 99.2 Å². The standard InChI is InChI=1S/C21H28FN7/c1-12(13-4-6-15(22)7-5-13)28-18-8-9-25-11-16(18)20(23)29(21(28)24)19-10-17(26-27-19)14-2-3-14/h4-7,10,12,14,20-21,25H,2-3,8-9,11,23-24H2,1H3,(H,26,27). The van der Waals surface area contributed by atoms with Crippen molar-refractivity contribution in [3.05, 3.63) is 58.7 Å². The molecule has 0 radical (unpaired) electrons. The van der Waals surface area contributed by atoms with E-state index in [2.05, 4.69) is 33.4 Å². The number of hydrogen-bond acceptors (Lipinski definition) is 6. The quantitative estimate of drug-likeness (QED) is 0.631. The average Bonchev–Trinajstić information content (AvgIpc) is 3.47. The fourth-order valence-corrected chi connectivity index (χ4v) is 4.59. The molecular formula is C21H28FN7. The van der Waals surface area contributed by atoms with E-state index in [0.29, 0.717) is 5.92 Å². The first-order valence-electron chi connectivity index (χ1n) is 10.4. The van der Waals surface area contributed by atoms with Gasteiger partial charge in [0.25, 0.3) is 0 Å². The molecule has 29 heavy (non-hydrogen) atoms. The second kappa shape index (κ2) is 7.12. The lowest BCUT2D eigenvalue weighted by atomic mass is 9.96. The molecule has 3 aliphatic rings. The lowest BCUT2D eigenvalue weighted by molar-refractivity contribution is 0.154. The maximum atomic E-state index is 13.5. The van der Waals surface area contributed by atoms with Gasteiger partial charge in [0, 0.05) is 42.9 Å². The Labute approximate surface area is 169 Å². The zero-order valence-corrected chi connectivity index (χ0v) is 16.6. The minimum absolute atomic E-state index is 0.0226. The summed E-state index contributed by atoms with van der Waals surface area (Å²) in [4.78, 5) is 4.21. The van der Waals surface area contributed by atoms with Gasteiger partial charge in [-0.25, -0.2) is 4.39 Å². The third-order valence-electron chi connectivity index (χ3n) is 6.40. The number of aromatic amines is 1. The molecular weight excluding hydrogens is 369 g/mol. The largest absolute Gasteiger partial charge is 0.336 e. The summed E-state index contributed by atoms with van der Waals surface area (Å²) >= 11 is 0. The van der Waals surface area contributed by atoms with Gasteiger partial charge in [0.15, 0.2) is 12.1 Å².